The number of likely N-dealkylation sites (N-methyl/N-ethyl adjacent to an activating group) is 1. The number of anilines is 1. The zero-order valence-electron chi connectivity index (χ0n) is 16.7. The normalized spacial score (nSPS) is 14.9. The van der Waals surface area contributed by atoms with E-state index < -0.39 is 0 Å². The second kappa shape index (κ2) is 8.85. The Bertz CT molecular complexity index is 995. The van der Waals surface area contributed by atoms with E-state index in [9.17, 15) is 4.79 Å². The number of nitrogens with zero attached hydrogens (tertiary/aromatic N) is 2. The van der Waals surface area contributed by atoms with Crippen LogP contribution in [0.3, 0.4) is 0 Å². The molecule has 4 rings (SSSR count). The van der Waals surface area contributed by atoms with Gasteiger partial charge in [0.25, 0.3) is 5.91 Å². The average molecular weight is 408 g/mol. The SMILES string of the molecule is CN1CCN(c2cccc3ccc(C(=O)NCCc4ccc(Cl)cc4)cc23)CC1. The molecule has 1 aliphatic heterocycles. The van der Waals surface area contributed by atoms with Crippen molar-refractivity contribution in [1.82, 2.24) is 10.2 Å². The number of carbonyl (C=O) groups excluding carboxylic acids is 1. The van der Waals surface area contributed by atoms with Gasteiger partial charge in [-0.25, -0.2) is 0 Å². The lowest BCUT2D eigenvalue weighted by Gasteiger charge is -2.34. The van der Waals surface area contributed by atoms with Crippen molar-refractivity contribution in [3.63, 3.8) is 0 Å². The highest BCUT2D eigenvalue weighted by atomic mass is 35.5. The molecule has 1 N–H and O–H groups in total. The number of amides is 1. The van der Waals surface area contributed by atoms with Crippen molar-refractivity contribution in [2.24, 2.45) is 0 Å². The Morgan fingerprint density at radius 3 is 2.52 bits per heavy atom. The molecule has 0 aromatic heterocycles. The van der Waals surface area contributed by atoms with E-state index in [-0.39, 0.29) is 5.91 Å². The molecule has 0 unspecified atom stereocenters. The lowest BCUT2D eigenvalue weighted by molar-refractivity contribution is 0.0954. The van der Waals surface area contributed by atoms with Gasteiger partial charge in [0, 0.05) is 54.4 Å². The van der Waals surface area contributed by atoms with E-state index in [2.05, 4.69) is 40.4 Å². The van der Waals surface area contributed by atoms with Gasteiger partial charge in [-0.1, -0.05) is 41.9 Å². The molecule has 5 heteroatoms. The number of rotatable bonds is 5. The fourth-order valence-electron chi connectivity index (χ4n) is 3.79. The summed E-state index contributed by atoms with van der Waals surface area (Å²) in [5.74, 6) is -0.0333. The first-order chi connectivity index (χ1) is 14.1. The van der Waals surface area contributed by atoms with E-state index in [1.807, 2.05) is 42.5 Å². The summed E-state index contributed by atoms with van der Waals surface area (Å²) in [6, 6.07) is 20.1. The summed E-state index contributed by atoms with van der Waals surface area (Å²) in [7, 11) is 2.16. The van der Waals surface area contributed by atoms with Crippen molar-refractivity contribution in [2.75, 3.05) is 44.7 Å². The molecule has 0 spiro atoms. The molecule has 4 nitrogen and oxygen atoms in total. The van der Waals surface area contributed by atoms with E-state index in [0.29, 0.717) is 12.1 Å². The Kier molecular flexibility index (Phi) is 6.02. The summed E-state index contributed by atoms with van der Waals surface area (Å²) in [6.07, 6.45) is 0.781. The molecule has 0 radical (unpaired) electrons. The van der Waals surface area contributed by atoms with Gasteiger partial charge in [0.1, 0.15) is 0 Å². The van der Waals surface area contributed by atoms with E-state index in [4.69, 9.17) is 11.6 Å². The quantitative estimate of drug-likeness (QED) is 0.687. The topological polar surface area (TPSA) is 35.6 Å². The molecule has 3 aromatic rings. The summed E-state index contributed by atoms with van der Waals surface area (Å²) in [5, 5.41) is 6.07. The number of hydrogen-bond donors (Lipinski definition) is 1. The van der Waals surface area contributed by atoms with Crippen LogP contribution >= 0.6 is 11.6 Å². The van der Waals surface area contributed by atoms with E-state index in [1.54, 1.807) is 0 Å². The molecule has 1 heterocycles. The lowest BCUT2D eigenvalue weighted by Crippen LogP contribution is -2.44. The average Bonchev–Trinajstić information content (AvgIpc) is 2.75. The maximum Gasteiger partial charge on any atom is 0.251 e. The van der Waals surface area contributed by atoms with Crippen LogP contribution in [0.2, 0.25) is 5.02 Å². The Hall–Kier alpha value is -2.56. The molecule has 0 saturated carbocycles. The Balaban J connectivity index is 1.47. The first-order valence-electron chi connectivity index (χ1n) is 10.1. The largest absolute Gasteiger partial charge is 0.368 e. The number of carbonyl (C=O) groups is 1. The van der Waals surface area contributed by atoms with Gasteiger partial charge >= 0.3 is 0 Å². The van der Waals surface area contributed by atoms with Gasteiger partial charge in [-0.3, -0.25) is 4.79 Å². The third-order valence-electron chi connectivity index (χ3n) is 5.58. The Labute approximate surface area is 177 Å². The smallest absolute Gasteiger partial charge is 0.251 e. The molecule has 3 aromatic carbocycles. The first kappa shape index (κ1) is 19.7. The number of piperazine rings is 1. The number of nitrogens with one attached hydrogen (secondary N) is 1. The van der Waals surface area contributed by atoms with Gasteiger partial charge in [0.2, 0.25) is 0 Å². The fourth-order valence-corrected chi connectivity index (χ4v) is 3.92. The van der Waals surface area contributed by atoms with Crippen LogP contribution in [0.4, 0.5) is 5.69 Å². The Morgan fingerprint density at radius 1 is 1.00 bits per heavy atom. The summed E-state index contributed by atoms with van der Waals surface area (Å²) < 4.78 is 0. The standard InChI is InChI=1S/C24H26ClN3O/c1-27-13-15-28(16-14-27)23-4-2-3-19-7-8-20(17-22(19)23)24(29)26-12-11-18-5-9-21(25)10-6-18/h2-10,17H,11-16H2,1H3,(H,26,29). The van der Waals surface area contributed by atoms with Crippen LogP contribution in [0.15, 0.2) is 60.7 Å². The zero-order valence-corrected chi connectivity index (χ0v) is 17.5. The van der Waals surface area contributed by atoms with Crippen molar-refractivity contribution >= 4 is 34.0 Å². The predicted molar refractivity (Wildman–Crippen MR) is 121 cm³/mol. The van der Waals surface area contributed by atoms with Gasteiger partial charge in [-0.15, -0.1) is 0 Å². The second-order valence-corrected chi connectivity index (χ2v) is 8.07. The minimum atomic E-state index is -0.0333. The number of fused-ring (bicyclic) bond motifs is 1. The molecule has 0 bridgehead atoms. The van der Waals surface area contributed by atoms with Gasteiger partial charge in [0.05, 0.1) is 0 Å². The minimum Gasteiger partial charge on any atom is -0.368 e. The van der Waals surface area contributed by atoms with Crippen LogP contribution < -0.4 is 10.2 Å². The van der Waals surface area contributed by atoms with Gasteiger partial charge in [-0.05, 0) is 54.8 Å². The van der Waals surface area contributed by atoms with Crippen LogP contribution in [0.1, 0.15) is 15.9 Å². The highest BCUT2D eigenvalue weighted by Gasteiger charge is 2.17. The second-order valence-electron chi connectivity index (χ2n) is 7.64. The highest BCUT2D eigenvalue weighted by molar-refractivity contribution is 6.30. The summed E-state index contributed by atoms with van der Waals surface area (Å²) in [6.45, 7) is 4.72. The van der Waals surface area contributed by atoms with Crippen molar-refractivity contribution < 1.29 is 4.79 Å². The van der Waals surface area contributed by atoms with E-state index in [1.165, 1.54) is 11.1 Å². The molecular weight excluding hydrogens is 382 g/mol. The summed E-state index contributed by atoms with van der Waals surface area (Å²) in [4.78, 5) is 17.5. The van der Waals surface area contributed by atoms with E-state index >= 15 is 0 Å². The maximum atomic E-state index is 12.7. The molecule has 1 aliphatic rings. The molecule has 1 amide bonds. The van der Waals surface area contributed by atoms with Gasteiger partial charge < -0.3 is 15.1 Å². The van der Waals surface area contributed by atoms with Crippen LogP contribution in [-0.4, -0.2) is 50.6 Å². The molecular formula is C24H26ClN3O. The first-order valence-corrected chi connectivity index (χ1v) is 10.5. The number of benzene rings is 3. The van der Waals surface area contributed by atoms with E-state index in [0.717, 1.165) is 48.6 Å². The molecule has 1 fully saturated rings. The van der Waals surface area contributed by atoms with Crippen LogP contribution in [0.25, 0.3) is 10.8 Å². The third kappa shape index (κ3) is 4.72. The summed E-state index contributed by atoms with van der Waals surface area (Å²) >= 11 is 5.92. The van der Waals surface area contributed by atoms with Gasteiger partial charge in [0.15, 0.2) is 0 Å². The molecule has 29 heavy (non-hydrogen) atoms. The summed E-state index contributed by atoms with van der Waals surface area (Å²) in [5.41, 5.74) is 3.08. The maximum absolute atomic E-state index is 12.7. The molecule has 1 saturated heterocycles. The van der Waals surface area contributed by atoms with Gasteiger partial charge in [-0.2, -0.15) is 0 Å². The van der Waals surface area contributed by atoms with Crippen molar-refractivity contribution in [3.05, 3.63) is 76.8 Å². The Morgan fingerprint density at radius 2 is 1.76 bits per heavy atom. The zero-order chi connectivity index (χ0) is 20.2. The van der Waals surface area contributed by atoms with Crippen molar-refractivity contribution in [1.29, 1.82) is 0 Å². The van der Waals surface area contributed by atoms with Crippen LogP contribution in [-0.2, 0) is 6.42 Å². The highest BCUT2D eigenvalue weighted by Crippen LogP contribution is 2.28. The fraction of sp³-hybridized carbons (Fsp3) is 0.292. The third-order valence-corrected chi connectivity index (χ3v) is 5.83. The van der Waals surface area contributed by atoms with Crippen molar-refractivity contribution in [2.45, 2.75) is 6.42 Å². The van der Waals surface area contributed by atoms with Crippen LogP contribution in [0.5, 0.6) is 0 Å². The number of halogens is 1. The molecule has 0 aliphatic carbocycles. The number of hydrogen-bond acceptors (Lipinski definition) is 3. The minimum absolute atomic E-state index is 0.0333. The molecule has 150 valence electrons. The lowest BCUT2D eigenvalue weighted by atomic mass is 10.0. The van der Waals surface area contributed by atoms with Crippen molar-refractivity contribution in [3.8, 4) is 0 Å². The van der Waals surface area contributed by atoms with Crippen LogP contribution in [0, 0.1) is 0 Å². The molecule has 0 atom stereocenters. The monoisotopic (exact) mass is 407 g/mol. The predicted octanol–water partition coefficient (Wildman–Crippen LogP) is 4.22.